The molecule has 34 heavy (non-hydrogen) atoms. The number of ether oxygens (including phenoxy) is 2. The maximum atomic E-state index is 12.8. The number of nitrogens with zero attached hydrogens (tertiary/aromatic N) is 1. The lowest BCUT2D eigenvalue weighted by Gasteiger charge is -2.33. The van der Waals surface area contributed by atoms with Gasteiger partial charge in [0.1, 0.15) is 6.61 Å². The van der Waals surface area contributed by atoms with E-state index in [0.29, 0.717) is 19.6 Å². The molecule has 2 aliphatic rings. The first kappa shape index (κ1) is 23.8. The summed E-state index contributed by atoms with van der Waals surface area (Å²) in [7, 11) is 0. The smallest absolute Gasteiger partial charge is 0.407 e. The topological polar surface area (TPSA) is 105 Å². The van der Waals surface area contributed by atoms with Gasteiger partial charge in [0.15, 0.2) is 0 Å². The van der Waals surface area contributed by atoms with E-state index >= 15 is 0 Å². The zero-order valence-corrected chi connectivity index (χ0v) is 19.2. The number of carboxylic acid groups (broad SMARTS) is 1. The van der Waals surface area contributed by atoms with Crippen molar-refractivity contribution in [1.29, 1.82) is 0 Å². The van der Waals surface area contributed by atoms with E-state index in [1.807, 2.05) is 31.2 Å². The molecule has 2 N–H and O–H groups in total. The molecule has 0 spiro atoms. The zero-order chi connectivity index (χ0) is 24.1. The lowest BCUT2D eigenvalue weighted by Crippen LogP contribution is -2.48. The molecular weight excluding hydrogens is 436 g/mol. The van der Waals surface area contributed by atoms with Crippen LogP contribution in [0.25, 0.3) is 11.1 Å². The SMILES string of the molecule is CCC(CC(=O)N1CCOC(CC(=O)O)C1)NC(=O)OCC1c2ccccc2-c2ccccc21. The fraction of sp³-hybridized carbons (Fsp3) is 0.423. The molecule has 1 aliphatic heterocycles. The molecule has 2 atom stereocenters. The van der Waals surface area contributed by atoms with E-state index in [1.54, 1.807) is 4.90 Å². The van der Waals surface area contributed by atoms with Crippen LogP contribution in [0.3, 0.4) is 0 Å². The largest absolute Gasteiger partial charge is 0.481 e. The first-order chi connectivity index (χ1) is 16.5. The van der Waals surface area contributed by atoms with Gasteiger partial charge in [0.25, 0.3) is 0 Å². The highest BCUT2D eigenvalue weighted by Crippen LogP contribution is 2.44. The summed E-state index contributed by atoms with van der Waals surface area (Å²) in [5.41, 5.74) is 4.61. The molecule has 1 saturated heterocycles. The van der Waals surface area contributed by atoms with Crippen molar-refractivity contribution in [2.45, 2.75) is 44.2 Å². The number of benzene rings is 2. The van der Waals surface area contributed by atoms with Crippen molar-refractivity contribution >= 4 is 18.0 Å². The summed E-state index contributed by atoms with van der Waals surface area (Å²) < 4.78 is 11.0. The van der Waals surface area contributed by atoms with Crippen LogP contribution < -0.4 is 5.32 Å². The van der Waals surface area contributed by atoms with Crippen LogP contribution in [0.2, 0.25) is 0 Å². The summed E-state index contributed by atoms with van der Waals surface area (Å²) in [4.78, 5) is 37.9. The molecular formula is C26H30N2O6. The second-order valence-corrected chi connectivity index (χ2v) is 8.71. The molecule has 2 aromatic carbocycles. The highest BCUT2D eigenvalue weighted by atomic mass is 16.5. The molecule has 1 heterocycles. The monoisotopic (exact) mass is 466 g/mol. The Kier molecular flexibility index (Phi) is 7.47. The van der Waals surface area contributed by atoms with Crippen LogP contribution >= 0.6 is 0 Å². The predicted octanol–water partition coefficient (Wildman–Crippen LogP) is 3.40. The Morgan fingerprint density at radius 1 is 1.12 bits per heavy atom. The van der Waals surface area contributed by atoms with Crippen molar-refractivity contribution < 1.29 is 29.0 Å². The molecule has 2 unspecified atom stereocenters. The lowest BCUT2D eigenvalue weighted by molar-refractivity contribution is -0.148. The van der Waals surface area contributed by atoms with Crippen molar-refractivity contribution in [3.63, 3.8) is 0 Å². The van der Waals surface area contributed by atoms with E-state index in [2.05, 4.69) is 29.6 Å². The van der Waals surface area contributed by atoms with E-state index < -0.39 is 18.2 Å². The van der Waals surface area contributed by atoms with Crippen molar-refractivity contribution in [1.82, 2.24) is 10.2 Å². The molecule has 1 aliphatic carbocycles. The number of rotatable bonds is 8. The Morgan fingerprint density at radius 2 is 1.76 bits per heavy atom. The Bertz CT molecular complexity index is 1010. The van der Waals surface area contributed by atoms with Gasteiger partial charge in [-0.25, -0.2) is 4.79 Å². The van der Waals surface area contributed by atoms with E-state index in [9.17, 15) is 14.4 Å². The molecule has 0 radical (unpaired) electrons. The summed E-state index contributed by atoms with van der Waals surface area (Å²) in [5, 5.41) is 11.8. The van der Waals surface area contributed by atoms with Crippen molar-refractivity contribution in [2.24, 2.45) is 0 Å². The van der Waals surface area contributed by atoms with E-state index in [4.69, 9.17) is 14.6 Å². The minimum Gasteiger partial charge on any atom is -0.481 e. The number of hydrogen-bond donors (Lipinski definition) is 2. The molecule has 0 bridgehead atoms. The molecule has 8 heteroatoms. The number of carboxylic acids is 1. The minimum atomic E-state index is -0.956. The fourth-order valence-electron chi connectivity index (χ4n) is 4.71. The van der Waals surface area contributed by atoms with Gasteiger partial charge in [-0.15, -0.1) is 0 Å². The number of morpholine rings is 1. The summed E-state index contributed by atoms with van der Waals surface area (Å²) in [5.74, 6) is -1.12. The number of amides is 2. The van der Waals surface area contributed by atoms with Crippen LogP contribution in [0.4, 0.5) is 4.79 Å². The first-order valence-corrected chi connectivity index (χ1v) is 11.7. The van der Waals surface area contributed by atoms with Crippen LogP contribution in [0, 0.1) is 0 Å². The summed E-state index contributed by atoms with van der Waals surface area (Å²) in [6, 6.07) is 15.9. The van der Waals surface area contributed by atoms with Gasteiger partial charge in [0.2, 0.25) is 5.91 Å². The first-order valence-electron chi connectivity index (χ1n) is 11.7. The molecule has 8 nitrogen and oxygen atoms in total. The highest BCUT2D eigenvalue weighted by Gasteiger charge is 2.30. The molecule has 0 aromatic heterocycles. The van der Waals surface area contributed by atoms with Crippen LogP contribution in [-0.4, -0.2) is 66.4 Å². The van der Waals surface area contributed by atoms with Crippen LogP contribution in [0.15, 0.2) is 48.5 Å². The van der Waals surface area contributed by atoms with Gasteiger partial charge in [0, 0.05) is 31.5 Å². The number of hydrogen-bond acceptors (Lipinski definition) is 5. The number of alkyl carbamates (subject to hydrolysis) is 1. The highest BCUT2D eigenvalue weighted by molar-refractivity contribution is 5.80. The Balaban J connectivity index is 1.31. The van der Waals surface area contributed by atoms with Crippen molar-refractivity contribution in [3.05, 3.63) is 59.7 Å². The fourth-order valence-corrected chi connectivity index (χ4v) is 4.71. The second-order valence-electron chi connectivity index (χ2n) is 8.71. The van der Waals surface area contributed by atoms with Gasteiger partial charge in [-0.1, -0.05) is 55.5 Å². The molecule has 2 amide bonds. The Hall–Kier alpha value is -3.39. The standard InChI is InChI=1S/C26H30N2O6/c1-2-17(13-24(29)28-11-12-33-18(15-28)14-25(30)31)27-26(32)34-16-23-21-9-5-3-7-19(21)20-8-4-6-10-22(20)23/h3-10,17-18,23H,2,11-16H2,1H3,(H,27,32)(H,30,31). The number of carbonyl (C=O) groups excluding carboxylic acids is 2. The quantitative estimate of drug-likeness (QED) is 0.618. The Labute approximate surface area is 198 Å². The minimum absolute atomic E-state index is 0.0284. The van der Waals surface area contributed by atoms with Crippen molar-refractivity contribution in [2.75, 3.05) is 26.3 Å². The summed E-state index contributed by atoms with van der Waals surface area (Å²) in [6.45, 7) is 3.07. The molecule has 0 saturated carbocycles. The summed E-state index contributed by atoms with van der Waals surface area (Å²) in [6.07, 6.45) is -0.504. The molecule has 180 valence electrons. The maximum Gasteiger partial charge on any atom is 0.407 e. The zero-order valence-electron chi connectivity index (χ0n) is 19.2. The van der Waals surface area contributed by atoms with E-state index in [-0.39, 0.29) is 43.9 Å². The van der Waals surface area contributed by atoms with Crippen LogP contribution in [0.5, 0.6) is 0 Å². The van der Waals surface area contributed by atoms with Gasteiger partial charge in [-0.2, -0.15) is 0 Å². The lowest BCUT2D eigenvalue weighted by atomic mass is 9.98. The van der Waals surface area contributed by atoms with Crippen LogP contribution in [0.1, 0.15) is 43.2 Å². The van der Waals surface area contributed by atoms with Gasteiger partial charge >= 0.3 is 12.1 Å². The third kappa shape index (κ3) is 5.39. The molecule has 4 rings (SSSR count). The molecule has 1 fully saturated rings. The average Bonchev–Trinajstić information content (AvgIpc) is 3.15. The van der Waals surface area contributed by atoms with Gasteiger partial charge in [-0.05, 0) is 28.7 Å². The van der Waals surface area contributed by atoms with Gasteiger partial charge in [-0.3, -0.25) is 9.59 Å². The van der Waals surface area contributed by atoms with E-state index in [1.165, 1.54) is 0 Å². The number of fused-ring (bicyclic) bond motifs is 3. The Morgan fingerprint density at radius 3 is 2.38 bits per heavy atom. The normalized spacial score (nSPS) is 18.0. The number of nitrogens with one attached hydrogen (secondary N) is 1. The number of aliphatic carboxylic acids is 1. The van der Waals surface area contributed by atoms with Gasteiger partial charge < -0.3 is 24.8 Å². The van der Waals surface area contributed by atoms with E-state index in [0.717, 1.165) is 22.3 Å². The second kappa shape index (κ2) is 10.7. The third-order valence-electron chi connectivity index (χ3n) is 6.47. The number of carbonyl (C=O) groups is 3. The summed E-state index contributed by atoms with van der Waals surface area (Å²) >= 11 is 0. The van der Waals surface area contributed by atoms with Gasteiger partial charge in [0.05, 0.1) is 19.1 Å². The average molecular weight is 467 g/mol. The maximum absolute atomic E-state index is 12.8. The van der Waals surface area contributed by atoms with Crippen LogP contribution in [-0.2, 0) is 19.1 Å². The molecule has 2 aromatic rings. The predicted molar refractivity (Wildman–Crippen MR) is 125 cm³/mol. The third-order valence-corrected chi connectivity index (χ3v) is 6.47. The van der Waals surface area contributed by atoms with Crippen molar-refractivity contribution in [3.8, 4) is 11.1 Å².